The van der Waals surface area contributed by atoms with Crippen molar-refractivity contribution in [2.24, 2.45) is 0 Å². The third-order valence-electron chi connectivity index (χ3n) is 3.89. The summed E-state index contributed by atoms with van der Waals surface area (Å²) < 4.78 is 24.1. The maximum Gasteiger partial charge on any atom is 0.496 e. The van der Waals surface area contributed by atoms with Crippen LogP contribution in [-0.2, 0) is 14.0 Å². The first-order valence-corrected chi connectivity index (χ1v) is 8.31. The van der Waals surface area contributed by atoms with Gasteiger partial charge in [-0.25, -0.2) is 4.79 Å². The van der Waals surface area contributed by atoms with Gasteiger partial charge in [0.25, 0.3) is 0 Å². The lowest BCUT2D eigenvalue weighted by molar-refractivity contribution is 0.0544. The SMILES string of the molecule is COc1ccc2c(c1)c(B1OCC(C)(C)O1)cn2C(=O)OC(C)(C)C. The van der Waals surface area contributed by atoms with Crippen LogP contribution in [0.15, 0.2) is 24.4 Å². The topological polar surface area (TPSA) is 58.9 Å². The van der Waals surface area contributed by atoms with Crippen LogP contribution in [0.1, 0.15) is 34.6 Å². The third-order valence-corrected chi connectivity index (χ3v) is 3.89. The monoisotopic (exact) mass is 345 g/mol. The number of rotatable bonds is 2. The lowest BCUT2D eigenvalue weighted by atomic mass is 9.79. The summed E-state index contributed by atoms with van der Waals surface area (Å²) >= 11 is 0. The number of fused-ring (bicyclic) bond motifs is 1. The van der Waals surface area contributed by atoms with Crippen LogP contribution >= 0.6 is 0 Å². The number of aromatic nitrogens is 1. The molecule has 0 bridgehead atoms. The van der Waals surface area contributed by atoms with Crippen LogP contribution in [0, 0.1) is 0 Å². The molecule has 1 aromatic heterocycles. The van der Waals surface area contributed by atoms with Crippen LogP contribution < -0.4 is 10.2 Å². The highest BCUT2D eigenvalue weighted by molar-refractivity contribution is 6.65. The van der Waals surface area contributed by atoms with E-state index in [0.29, 0.717) is 12.4 Å². The number of ether oxygens (including phenoxy) is 2. The molecule has 0 aliphatic carbocycles. The van der Waals surface area contributed by atoms with E-state index in [4.69, 9.17) is 18.8 Å². The molecule has 7 heteroatoms. The molecule has 134 valence electrons. The molecule has 0 unspecified atom stereocenters. The highest BCUT2D eigenvalue weighted by Gasteiger charge is 2.40. The third kappa shape index (κ3) is 3.67. The van der Waals surface area contributed by atoms with E-state index < -0.39 is 18.8 Å². The van der Waals surface area contributed by atoms with Gasteiger partial charge >= 0.3 is 13.2 Å². The van der Waals surface area contributed by atoms with Gasteiger partial charge in [-0.2, -0.15) is 0 Å². The highest BCUT2D eigenvalue weighted by atomic mass is 16.7. The summed E-state index contributed by atoms with van der Waals surface area (Å²) in [5, 5.41) is 0.841. The van der Waals surface area contributed by atoms with E-state index >= 15 is 0 Å². The first kappa shape index (κ1) is 17.8. The molecule has 0 spiro atoms. The number of hydrogen-bond acceptors (Lipinski definition) is 5. The largest absolute Gasteiger partial charge is 0.497 e. The number of nitrogens with zero attached hydrogens (tertiary/aromatic N) is 1. The Balaban J connectivity index is 2.08. The Bertz CT molecular complexity index is 806. The summed E-state index contributed by atoms with van der Waals surface area (Å²) in [6.07, 6.45) is 1.29. The van der Waals surface area contributed by atoms with E-state index in [0.717, 1.165) is 16.4 Å². The molecule has 0 N–H and O–H groups in total. The molecule has 1 aliphatic heterocycles. The quantitative estimate of drug-likeness (QED) is 0.784. The number of methoxy groups -OCH3 is 1. The minimum atomic E-state index is -0.581. The molecular formula is C18H24BNO5. The van der Waals surface area contributed by atoms with Gasteiger partial charge < -0.3 is 18.8 Å². The Kier molecular flexibility index (Phi) is 4.33. The summed E-state index contributed by atoms with van der Waals surface area (Å²) in [7, 11) is 1.07. The van der Waals surface area contributed by atoms with Crippen molar-refractivity contribution >= 4 is 29.6 Å². The van der Waals surface area contributed by atoms with Gasteiger partial charge in [0.05, 0.1) is 24.8 Å². The van der Waals surface area contributed by atoms with Gasteiger partial charge in [0.2, 0.25) is 0 Å². The molecule has 25 heavy (non-hydrogen) atoms. The van der Waals surface area contributed by atoms with E-state index in [1.54, 1.807) is 13.3 Å². The molecule has 0 radical (unpaired) electrons. The maximum atomic E-state index is 12.6. The Hall–Kier alpha value is -1.99. The van der Waals surface area contributed by atoms with Crippen LogP contribution in [-0.4, -0.2) is 42.7 Å². The fourth-order valence-electron chi connectivity index (χ4n) is 2.80. The molecule has 0 saturated carbocycles. The first-order chi connectivity index (χ1) is 11.6. The summed E-state index contributed by atoms with van der Waals surface area (Å²) in [4.78, 5) is 12.6. The highest BCUT2D eigenvalue weighted by Crippen LogP contribution is 2.26. The number of carbonyl (C=O) groups excluding carboxylic acids is 1. The van der Waals surface area contributed by atoms with Crippen molar-refractivity contribution in [1.82, 2.24) is 4.57 Å². The molecule has 1 aliphatic rings. The van der Waals surface area contributed by atoms with Crippen molar-refractivity contribution in [3.8, 4) is 5.75 Å². The lowest BCUT2D eigenvalue weighted by Crippen LogP contribution is -2.34. The second-order valence-corrected chi connectivity index (χ2v) is 7.84. The van der Waals surface area contributed by atoms with Crippen molar-refractivity contribution in [1.29, 1.82) is 0 Å². The zero-order chi connectivity index (χ0) is 18.4. The summed E-state index contributed by atoms with van der Waals surface area (Å²) in [6, 6.07) is 5.53. The van der Waals surface area contributed by atoms with E-state index in [1.807, 2.05) is 52.8 Å². The van der Waals surface area contributed by atoms with Crippen LogP contribution in [0.5, 0.6) is 5.75 Å². The van der Waals surface area contributed by atoms with Crippen LogP contribution in [0.25, 0.3) is 10.9 Å². The van der Waals surface area contributed by atoms with E-state index in [2.05, 4.69) is 0 Å². The molecule has 1 fully saturated rings. The van der Waals surface area contributed by atoms with E-state index in [1.165, 1.54) is 4.57 Å². The minimum absolute atomic E-state index is 0.371. The standard InChI is InChI=1S/C18H24BNO5/c1-17(2,3)24-16(21)20-10-14(19-23-11-18(4,5)25-19)13-9-12(22-6)7-8-15(13)20/h7-10H,11H2,1-6H3. The zero-order valence-corrected chi connectivity index (χ0v) is 15.6. The molecule has 0 amide bonds. The Morgan fingerprint density at radius 1 is 1.32 bits per heavy atom. The van der Waals surface area contributed by atoms with Gasteiger partial charge in [-0.1, -0.05) is 0 Å². The normalized spacial score (nSPS) is 17.1. The zero-order valence-electron chi connectivity index (χ0n) is 15.6. The first-order valence-electron chi connectivity index (χ1n) is 8.31. The van der Waals surface area contributed by atoms with Crippen molar-refractivity contribution in [3.05, 3.63) is 24.4 Å². The second kappa shape index (κ2) is 6.07. The predicted octanol–water partition coefficient (Wildman–Crippen LogP) is 2.95. The second-order valence-electron chi connectivity index (χ2n) is 7.84. The van der Waals surface area contributed by atoms with Gasteiger partial charge in [-0.05, 0) is 52.8 Å². The molecular weight excluding hydrogens is 321 g/mol. The van der Waals surface area contributed by atoms with Crippen molar-refractivity contribution in [2.45, 2.75) is 45.8 Å². The molecule has 6 nitrogen and oxygen atoms in total. The van der Waals surface area contributed by atoms with Crippen molar-refractivity contribution in [2.75, 3.05) is 13.7 Å². The van der Waals surface area contributed by atoms with Gasteiger partial charge in [-0.3, -0.25) is 4.57 Å². The predicted molar refractivity (Wildman–Crippen MR) is 96.6 cm³/mol. The van der Waals surface area contributed by atoms with Crippen molar-refractivity contribution in [3.63, 3.8) is 0 Å². The fourth-order valence-corrected chi connectivity index (χ4v) is 2.80. The van der Waals surface area contributed by atoms with Crippen LogP contribution in [0.4, 0.5) is 4.79 Å². The average molecular weight is 345 g/mol. The van der Waals surface area contributed by atoms with Gasteiger partial charge in [-0.15, -0.1) is 0 Å². The summed E-state index contributed by atoms with van der Waals surface area (Å²) in [6.45, 7) is 9.95. The molecule has 2 aromatic rings. The van der Waals surface area contributed by atoms with Gasteiger partial charge in [0, 0.05) is 17.0 Å². The van der Waals surface area contributed by atoms with E-state index in [9.17, 15) is 4.79 Å². The van der Waals surface area contributed by atoms with Crippen LogP contribution in [0.3, 0.4) is 0 Å². The van der Waals surface area contributed by atoms with Gasteiger partial charge in [0.15, 0.2) is 0 Å². The molecule has 0 atom stereocenters. The molecule has 1 aromatic carbocycles. The molecule has 2 heterocycles. The summed E-state index contributed by atoms with van der Waals surface area (Å²) in [5.74, 6) is 0.702. The average Bonchev–Trinajstić information content (AvgIpc) is 3.04. The lowest BCUT2D eigenvalue weighted by Gasteiger charge is -2.19. The number of hydrogen-bond donors (Lipinski definition) is 0. The molecule has 3 rings (SSSR count). The maximum absolute atomic E-state index is 12.6. The summed E-state index contributed by atoms with van der Waals surface area (Å²) in [5.41, 5.74) is 0.555. The van der Waals surface area contributed by atoms with E-state index in [-0.39, 0.29) is 5.60 Å². The smallest absolute Gasteiger partial charge is 0.496 e. The number of carbonyl (C=O) groups is 1. The Morgan fingerprint density at radius 3 is 2.60 bits per heavy atom. The minimum Gasteiger partial charge on any atom is -0.497 e. The van der Waals surface area contributed by atoms with Crippen molar-refractivity contribution < 1.29 is 23.6 Å². The molecule has 1 saturated heterocycles. The fraction of sp³-hybridized carbons (Fsp3) is 0.500. The Morgan fingerprint density at radius 2 is 2.04 bits per heavy atom. The van der Waals surface area contributed by atoms with Crippen LogP contribution in [0.2, 0.25) is 0 Å². The Labute approximate surface area is 148 Å². The number of benzene rings is 1. The van der Waals surface area contributed by atoms with Gasteiger partial charge in [0.1, 0.15) is 11.4 Å².